The van der Waals surface area contributed by atoms with Gasteiger partial charge in [-0.2, -0.15) is 0 Å². The number of hydrogen-bond donors (Lipinski definition) is 0. The molecule has 0 aliphatic heterocycles. The summed E-state index contributed by atoms with van der Waals surface area (Å²) in [4.78, 5) is 35.9. The van der Waals surface area contributed by atoms with Crippen LogP contribution in [0.25, 0.3) is 0 Å². The van der Waals surface area contributed by atoms with Crippen LogP contribution in [-0.2, 0) is 5.75 Å². The summed E-state index contributed by atoms with van der Waals surface area (Å²) in [5.41, 5.74) is -0.581. The number of amides is 1. The molecule has 142 valence electrons. The lowest BCUT2D eigenvalue weighted by molar-refractivity contribution is -0.395. The van der Waals surface area contributed by atoms with E-state index in [9.17, 15) is 25.0 Å². The van der Waals surface area contributed by atoms with Crippen molar-refractivity contribution in [3.8, 4) is 0 Å². The Morgan fingerprint density at radius 2 is 1.52 bits per heavy atom. The maximum atomic E-state index is 12.7. The highest BCUT2D eigenvalue weighted by molar-refractivity contribution is 7.98. The van der Waals surface area contributed by atoms with Crippen molar-refractivity contribution in [3.05, 3.63) is 73.8 Å². The molecule has 0 radical (unpaired) electrons. The minimum Gasteiger partial charge on any atom is -0.339 e. The van der Waals surface area contributed by atoms with Crippen LogP contribution in [0, 0.1) is 20.2 Å². The van der Waals surface area contributed by atoms with Gasteiger partial charge in [-0.1, -0.05) is 30.3 Å². The van der Waals surface area contributed by atoms with Crippen LogP contribution in [0.1, 0.15) is 29.8 Å². The molecule has 0 aliphatic rings. The minimum atomic E-state index is -0.740. The molecule has 9 heteroatoms. The van der Waals surface area contributed by atoms with E-state index in [1.165, 1.54) is 28.8 Å². The Labute approximate surface area is 160 Å². The van der Waals surface area contributed by atoms with E-state index in [0.717, 1.165) is 5.56 Å². The molecule has 0 aromatic heterocycles. The van der Waals surface area contributed by atoms with E-state index in [1.54, 1.807) is 13.8 Å². The van der Waals surface area contributed by atoms with Crippen LogP contribution in [0.4, 0.5) is 11.4 Å². The van der Waals surface area contributed by atoms with Crippen LogP contribution >= 0.6 is 11.8 Å². The topological polar surface area (TPSA) is 107 Å². The van der Waals surface area contributed by atoms with E-state index in [1.807, 2.05) is 30.3 Å². The third kappa shape index (κ3) is 4.82. The number of carbonyl (C=O) groups is 1. The predicted molar refractivity (Wildman–Crippen MR) is 103 cm³/mol. The molecule has 0 N–H and O–H groups in total. The van der Waals surface area contributed by atoms with Gasteiger partial charge in [0.15, 0.2) is 5.56 Å². The summed E-state index contributed by atoms with van der Waals surface area (Å²) in [6, 6.07) is 11.9. The van der Waals surface area contributed by atoms with Crippen LogP contribution < -0.4 is 0 Å². The lowest BCUT2D eigenvalue weighted by Gasteiger charge is -2.18. The molecule has 0 heterocycles. The van der Waals surface area contributed by atoms with Crippen LogP contribution in [0.15, 0.2) is 47.4 Å². The first-order valence-corrected chi connectivity index (χ1v) is 9.30. The normalized spacial score (nSPS) is 10.4. The number of nitro benzene ring substituents is 2. The van der Waals surface area contributed by atoms with Gasteiger partial charge in [0.1, 0.15) is 0 Å². The lowest BCUT2D eigenvalue weighted by Crippen LogP contribution is -2.31. The van der Waals surface area contributed by atoms with Crippen molar-refractivity contribution in [3.63, 3.8) is 0 Å². The molecule has 2 rings (SSSR count). The van der Waals surface area contributed by atoms with Crippen LogP contribution in [0.2, 0.25) is 0 Å². The van der Waals surface area contributed by atoms with Gasteiger partial charge >= 0.3 is 0 Å². The predicted octanol–water partition coefficient (Wildman–Crippen LogP) is 4.28. The zero-order chi connectivity index (χ0) is 20.0. The second-order valence-corrected chi connectivity index (χ2v) is 6.65. The van der Waals surface area contributed by atoms with Crippen molar-refractivity contribution in [2.24, 2.45) is 0 Å². The molecule has 0 spiro atoms. The molecular formula is C18H19N3O5S. The summed E-state index contributed by atoms with van der Waals surface area (Å²) in [6.45, 7) is 4.02. The Kier molecular flexibility index (Phi) is 6.89. The van der Waals surface area contributed by atoms with Gasteiger partial charge in [0.05, 0.1) is 9.85 Å². The van der Waals surface area contributed by atoms with Gasteiger partial charge in [-0.3, -0.25) is 25.0 Å². The van der Waals surface area contributed by atoms with Crippen LogP contribution in [0.5, 0.6) is 0 Å². The van der Waals surface area contributed by atoms with Crippen molar-refractivity contribution >= 4 is 29.0 Å². The number of thioether (sulfide) groups is 1. The molecule has 0 aliphatic carbocycles. The average molecular weight is 389 g/mol. The first kappa shape index (κ1) is 20.4. The standard InChI is InChI=1S/C18H19N3O5S/c1-3-19(4-2)18(22)17-15(20(23)24)10-14(11-16(17)21(25)26)27-12-13-8-6-5-7-9-13/h5-11H,3-4,12H2,1-2H3. The third-order valence-electron chi connectivity index (χ3n) is 3.98. The molecule has 0 unspecified atom stereocenters. The van der Waals surface area contributed by atoms with Gasteiger partial charge in [-0.15, -0.1) is 11.8 Å². The van der Waals surface area contributed by atoms with Crippen molar-refractivity contribution < 1.29 is 14.6 Å². The zero-order valence-corrected chi connectivity index (χ0v) is 15.8. The molecule has 27 heavy (non-hydrogen) atoms. The number of hydrogen-bond acceptors (Lipinski definition) is 6. The fraction of sp³-hybridized carbons (Fsp3) is 0.278. The number of nitrogens with zero attached hydrogens (tertiary/aromatic N) is 3. The number of rotatable bonds is 8. The molecule has 0 saturated carbocycles. The van der Waals surface area contributed by atoms with Gasteiger partial charge in [0, 0.05) is 35.9 Å². The number of benzene rings is 2. The fourth-order valence-corrected chi connectivity index (χ4v) is 3.50. The first-order chi connectivity index (χ1) is 12.9. The summed E-state index contributed by atoms with van der Waals surface area (Å²) in [6.07, 6.45) is 0. The van der Waals surface area contributed by atoms with E-state index < -0.39 is 32.7 Å². The molecule has 0 bridgehead atoms. The zero-order valence-electron chi connectivity index (χ0n) is 15.0. The van der Waals surface area contributed by atoms with Crippen molar-refractivity contribution in [2.75, 3.05) is 13.1 Å². The Bertz CT molecular complexity index is 818. The van der Waals surface area contributed by atoms with Gasteiger partial charge in [0.25, 0.3) is 17.3 Å². The maximum Gasteiger partial charge on any atom is 0.290 e. The van der Waals surface area contributed by atoms with Crippen LogP contribution in [0.3, 0.4) is 0 Å². The minimum absolute atomic E-state index is 0.300. The maximum absolute atomic E-state index is 12.7. The fourth-order valence-electron chi connectivity index (χ4n) is 2.59. The van der Waals surface area contributed by atoms with Crippen molar-refractivity contribution in [1.82, 2.24) is 4.90 Å². The molecule has 0 saturated heterocycles. The average Bonchev–Trinajstić information content (AvgIpc) is 2.67. The highest BCUT2D eigenvalue weighted by Crippen LogP contribution is 2.36. The largest absolute Gasteiger partial charge is 0.339 e. The van der Waals surface area contributed by atoms with Crippen LogP contribution in [-0.4, -0.2) is 33.7 Å². The quantitative estimate of drug-likeness (QED) is 0.379. The van der Waals surface area contributed by atoms with E-state index in [2.05, 4.69) is 0 Å². The third-order valence-corrected chi connectivity index (χ3v) is 5.02. The highest BCUT2D eigenvalue weighted by atomic mass is 32.2. The lowest BCUT2D eigenvalue weighted by atomic mass is 10.1. The SMILES string of the molecule is CCN(CC)C(=O)c1c([N+](=O)[O-])cc(SCc2ccccc2)cc1[N+](=O)[O-]. The highest BCUT2D eigenvalue weighted by Gasteiger charge is 2.34. The summed E-state index contributed by atoms with van der Waals surface area (Å²) < 4.78 is 0. The first-order valence-electron chi connectivity index (χ1n) is 8.31. The summed E-state index contributed by atoms with van der Waals surface area (Å²) in [5, 5.41) is 23.1. The van der Waals surface area contributed by atoms with Gasteiger partial charge < -0.3 is 4.90 Å². The Hall–Kier alpha value is -2.94. The molecular weight excluding hydrogens is 370 g/mol. The molecule has 2 aromatic carbocycles. The van der Waals surface area contributed by atoms with E-state index in [4.69, 9.17) is 0 Å². The second-order valence-electron chi connectivity index (χ2n) is 5.60. The molecule has 8 nitrogen and oxygen atoms in total. The monoisotopic (exact) mass is 389 g/mol. The Morgan fingerprint density at radius 1 is 1.00 bits per heavy atom. The Balaban J connectivity index is 2.49. The summed E-state index contributed by atoms with van der Waals surface area (Å²) >= 11 is 1.24. The van der Waals surface area contributed by atoms with E-state index in [-0.39, 0.29) is 0 Å². The van der Waals surface area contributed by atoms with Crippen molar-refractivity contribution in [2.45, 2.75) is 24.5 Å². The molecule has 0 atom stereocenters. The molecule has 0 fully saturated rings. The Morgan fingerprint density at radius 3 is 1.96 bits per heavy atom. The van der Waals surface area contributed by atoms with E-state index in [0.29, 0.717) is 23.7 Å². The molecule has 2 aromatic rings. The van der Waals surface area contributed by atoms with Gasteiger partial charge in [0.2, 0.25) is 0 Å². The molecule has 1 amide bonds. The van der Waals surface area contributed by atoms with Gasteiger partial charge in [-0.05, 0) is 19.4 Å². The number of carbonyl (C=O) groups excluding carboxylic acids is 1. The van der Waals surface area contributed by atoms with E-state index >= 15 is 0 Å². The van der Waals surface area contributed by atoms with Crippen molar-refractivity contribution in [1.29, 1.82) is 0 Å². The summed E-state index contributed by atoms with van der Waals surface area (Å²) in [5.74, 6) is -0.212. The number of nitro groups is 2. The van der Waals surface area contributed by atoms with Gasteiger partial charge in [-0.25, -0.2) is 0 Å². The second kappa shape index (κ2) is 9.13. The smallest absolute Gasteiger partial charge is 0.290 e. The summed E-state index contributed by atoms with van der Waals surface area (Å²) in [7, 11) is 0.